The standard InChI is InChI=1S/C20H18FNO4/c1-2-13-3-8-17-14(11-25-18(17)9-13)10-20(24)26-12-19(23)22-16-6-4-15(21)5-7-16/h3-9,11H,2,10,12H2,1H3,(H,22,23). The third-order valence-corrected chi connectivity index (χ3v) is 3.96. The van der Waals surface area contributed by atoms with Gasteiger partial charge in [-0.15, -0.1) is 0 Å². The van der Waals surface area contributed by atoms with Crippen molar-refractivity contribution in [3.8, 4) is 0 Å². The monoisotopic (exact) mass is 355 g/mol. The first kappa shape index (κ1) is 17.7. The first-order chi connectivity index (χ1) is 12.5. The molecule has 0 unspecified atom stereocenters. The van der Waals surface area contributed by atoms with E-state index in [1.807, 2.05) is 18.2 Å². The number of halogens is 1. The van der Waals surface area contributed by atoms with Crippen LogP contribution in [0.15, 0.2) is 53.1 Å². The van der Waals surface area contributed by atoms with Crippen molar-refractivity contribution >= 4 is 28.5 Å². The highest BCUT2D eigenvalue weighted by atomic mass is 19.1. The normalized spacial score (nSPS) is 10.7. The Morgan fingerprint density at radius 2 is 1.92 bits per heavy atom. The van der Waals surface area contributed by atoms with E-state index < -0.39 is 24.3 Å². The molecule has 0 aliphatic carbocycles. The van der Waals surface area contributed by atoms with Gasteiger partial charge in [-0.1, -0.05) is 19.1 Å². The molecule has 1 aromatic heterocycles. The number of carbonyl (C=O) groups excluding carboxylic acids is 2. The van der Waals surface area contributed by atoms with Gasteiger partial charge in [0.15, 0.2) is 6.61 Å². The molecule has 6 heteroatoms. The lowest BCUT2D eigenvalue weighted by Crippen LogP contribution is -2.21. The van der Waals surface area contributed by atoms with Gasteiger partial charge >= 0.3 is 5.97 Å². The molecule has 0 atom stereocenters. The van der Waals surface area contributed by atoms with Crippen molar-refractivity contribution in [2.24, 2.45) is 0 Å². The Morgan fingerprint density at radius 3 is 2.65 bits per heavy atom. The van der Waals surface area contributed by atoms with Crippen LogP contribution >= 0.6 is 0 Å². The molecule has 0 aliphatic rings. The van der Waals surface area contributed by atoms with Crippen LogP contribution in [-0.2, 0) is 27.2 Å². The highest BCUT2D eigenvalue weighted by molar-refractivity contribution is 5.93. The van der Waals surface area contributed by atoms with Gasteiger partial charge in [-0.25, -0.2) is 4.39 Å². The maximum Gasteiger partial charge on any atom is 0.310 e. The molecule has 134 valence electrons. The highest BCUT2D eigenvalue weighted by Crippen LogP contribution is 2.23. The average Bonchev–Trinajstić information content (AvgIpc) is 3.04. The van der Waals surface area contributed by atoms with Crippen LogP contribution in [0.1, 0.15) is 18.1 Å². The number of benzene rings is 2. The number of amides is 1. The number of rotatable bonds is 6. The van der Waals surface area contributed by atoms with Crippen LogP contribution in [-0.4, -0.2) is 18.5 Å². The van der Waals surface area contributed by atoms with Crippen molar-refractivity contribution in [2.75, 3.05) is 11.9 Å². The lowest BCUT2D eigenvalue weighted by atomic mass is 10.1. The van der Waals surface area contributed by atoms with Gasteiger partial charge in [0, 0.05) is 16.6 Å². The predicted molar refractivity (Wildman–Crippen MR) is 95.3 cm³/mol. The average molecular weight is 355 g/mol. The van der Waals surface area contributed by atoms with Crippen LogP contribution in [0.5, 0.6) is 0 Å². The van der Waals surface area contributed by atoms with Crippen molar-refractivity contribution in [1.82, 2.24) is 0 Å². The van der Waals surface area contributed by atoms with Gasteiger partial charge in [0.25, 0.3) is 5.91 Å². The van der Waals surface area contributed by atoms with Crippen molar-refractivity contribution < 1.29 is 23.1 Å². The largest absolute Gasteiger partial charge is 0.464 e. The molecule has 0 fully saturated rings. The van der Waals surface area contributed by atoms with E-state index in [0.717, 1.165) is 23.0 Å². The molecule has 0 spiro atoms. The summed E-state index contributed by atoms with van der Waals surface area (Å²) in [7, 11) is 0. The molecule has 0 radical (unpaired) electrons. The van der Waals surface area contributed by atoms with Gasteiger partial charge in [-0.2, -0.15) is 0 Å². The molecule has 1 N–H and O–H groups in total. The second-order valence-corrected chi connectivity index (χ2v) is 5.84. The van der Waals surface area contributed by atoms with Crippen LogP contribution < -0.4 is 5.32 Å². The third-order valence-electron chi connectivity index (χ3n) is 3.96. The van der Waals surface area contributed by atoms with Gasteiger partial charge in [0.05, 0.1) is 12.7 Å². The Hall–Kier alpha value is -3.15. The Bertz CT molecular complexity index is 931. The summed E-state index contributed by atoms with van der Waals surface area (Å²) in [5, 5.41) is 3.38. The third kappa shape index (κ3) is 4.27. The summed E-state index contributed by atoms with van der Waals surface area (Å²) in [4.78, 5) is 23.8. The SMILES string of the molecule is CCc1ccc2c(CC(=O)OCC(=O)Nc3ccc(F)cc3)coc2c1. The molecule has 3 rings (SSSR count). The molecule has 26 heavy (non-hydrogen) atoms. The molecule has 2 aromatic carbocycles. The molecule has 0 saturated heterocycles. The van der Waals surface area contributed by atoms with Crippen LogP contribution in [0.2, 0.25) is 0 Å². The fourth-order valence-electron chi connectivity index (χ4n) is 2.57. The number of nitrogens with one attached hydrogen (secondary N) is 1. The van der Waals surface area contributed by atoms with Gasteiger partial charge in [0.1, 0.15) is 11.4 Å². The van der Waals surface area contributed by atoms with E-state index in [4.69, 9.17) is 9.15 Å². The molecule has 0 bridgehead atoms. The first-order valence-corrected chi connectivity index (χ1v) is 8.25. The zero-order chi connectivity index (χ0) is 18.5. The summed E-state index contributed by atoms with van der Waals surface area (Å²) in [5.41, 5.74) is 3.02. The fourth-order valence-corrected chi connectivity index (χ4v) is 2.57. The van der Waals surface area contributed by atoms with E-state index >= 15 is 0 Å². The minimum absolute atomic E-state index is 0.0162. The predicted octanol–water partition coefficient (Wildman–Crippen LogP) is 3.86. The summed E-state index contributed by atoms with van der Waals surface area (Å²) < 4.78 is 23.3. The number of aryl methyl sites for hydroxylation is 1. The molecule has 1 amide bonds. The number of anilines is 1. The van der Waals surface area contributed by atoms with Crippen LogP contribution in [0.4, 0.5) is 10.1 Å². The summed E-state index contributed by atoms with van der Waals surface area (Å²) in [6, 6.07) is 11.2. The lowest BCUT2D eigenvalue weighted by Gasteiger charge is -2.06. The van der Waals surface area contributed by atoms with E-state index in [1.165, 1.54) is 30.5 Å². The van der Waals surface area contributed by atoms with Crippen molar-refractivity contribution in [1.29, 1.82) is 0 Å². The van der Waals surface area contributed by atoms with Gasteiger partial charge in [-0.3, -0.25) is 9.59 Å². The quantitative estimate of drug-likeness (QED) is 0.682. The summed E-state index contributed by atoms with van der Waals surface area (Å²) in [5.74, 6) is -1.41. The molecule has 0 saturated carbocycles. The van der Waals surface area contributed by atoms with Crippen molar-refractivity contribution in [3.63, 3.8) is 0 Å². The summed E-state index contributed by atoms with van der Waals surface area (Å²) >= 11 is 0. The minimum Gasteiger partial charge on any atom is -0.464 e. The minimum atomic E-state index is -0.526. The molecular formula is C20H18FNO4. The number of carbonyl (C=O) groups is 2. The Labute approximate surface area is 149 Å². The number of esters is 1. The summed E-state index contributed by atoms with van der Waals surface area (Å²) in [6.45, 7) is 1.64. The number of ether oxygens (including phenoxy) is 1. The van der Waals surface area contributed by atoms with Crippen LogP contribution in [0, 0.1) is 5.82 Å². The lowest BCUT2D eigenvalue weighted by molar-refractivity contribution is -0.146. The second-order valence-electron chi connectivity index (χ2n) is 5.84. The maximum absolute atomic E-state index is 12.8. The summed E-state index contributed by atoms with van der Waals surface area (Å²) in [6.07, 6.45) is 2.45. The first-order valence-electron chi connectivity index (χ1n) is 8.25. The van der Waals surface area contributed by atoms with Gasteiger partial charge in [-0.05, 0) is 42.3 Å². The number of hydrogen-bond acceptors (Lipinski definition) is 4. The van der Waals surface area contributed by atoms with E-state index in [2.05, 4.69) is 12.2 Å². The number of hydrogen-bond donors (Lipinski definition) is 1. The van der Waals surface area contributed by atoms with Gasteiger partial charge in [0.2, 0.25) is 0 Å². The molecule has 3 aromatic rings. The molecular weight excluding hydrogens is 337 g/mol. The van der Waals surface area contributed by atoms with Crippen LogP contribution in [0.3, 0.4) is 0 Å². The maximum atomic E-state index is 12.8. The Kier molecular flexibility index (Phi) is 5.31. The van der Waals surface area contributed by atoms with Crippen LogP contribution in [0.25, 0.3) is 11.0 Å². The molecule has 0 aliphatic heterocycles. The number of furan rings is 1. The highest BCUT2D eigenvalue weighted by Gasteiger charge is 2.13. The van der Waals surface area contributed by atoms with E-state index in [9.17, 15) is 14.0 Å². The van der Waals surface area contributed by atoms with E-state index in [0.29, 0.717) is 11.3 Å². The van der Waals surface area contributed by atoms with Crippen molar-refractivity contribution in [3.05, 3.63) is 65.7 Å². The van der Waals surface area contributed by atoms with E-state index in [1.54, 1.807) is 0 Å². The molecule has 5 nitrogen and oxygen atoms in total. The zero-order valence-electron chi connectivity index (χ0n) is 14.3. The smallest absolute Gasteiger partial charge is 0.310 e. The second kappa shape index (κ2) is 7.82. The Balaban J connectivity index is 1.54. The van der Waals surface area contributed by atoms with Crippen molar-refractivity contribution in [2.45, 2.75) is 19.8 Å². The zero-order valence-corrected chi connectivity index (χ0v) is 14.3. The fraction of sp³-hybridized carbons (Fsp3) is 0.200. The van der Waals surface area contributed by atoms with E-state index in [-0.39, 0.29) is 6.42 Å². The number of fused-ring (bicyclic) bond motifs is 1. The Morgan fingerprint density at radius 1 is 1.15 bits per heavy atom. The van der Waals surface area contributed by atoms with Gasteiger partial charge < -0.3 is 14.5 Å². The molecule has 1 heterocycles. The topological polar surface area (TPSA) is 68.5 Å².